The van der Waals surface area contributed by atoms with Crippen molar-refractivity contribution in [1.82, 2.24) is 5.32 Å². The Bertz CT molecular complexity index is 1730. The summed E-state index contributed by atoms with van der Waals surface area (Å²) in [5.74, 6) is -0.787. The molecule has 2 bridgehead atoms. The zero-order valence-corrected chi connectivity index (χ0v) is 33.4. The van der Waals surface area contributed by atoms with Crippen molar-refractivity contribution in [2.24, 2.45) is 17.8 Å². The largest absolute Gasteiger partial charge is 0.493 e. The van der Waals surface area contributed by atoms with Crippen LogP contribution in [0.15, 0.2) is 65.3 Å². The summed E-state index contributed by atoms with van der Waals surface area (Å²) >= 11 is 0. The normalized spacial score (nSPS) is 41.0. The molecule has 1 aliphatic carbocycles. The molecule has 3 fully saturated rings. The van der Waals surface area contributed by atoms with Crippen LogP contribution >= 0.6 is 0 Å². The van der Waals surface area contributed by atoms with Crippen molar-refractivity contribution in [3.63, 3.8) is 0 Å². The van der Waals surface area contributed by atoms with E-state index in [4.69, 9.17) is 28.4 Å². The summed E-state index contributed by atoms with van der Waals surface area (Å²) in [6.45, 7) is 11.8. The fraction of sp³-hybridized carbons (Fsp3) is 0.628. The van der Waals surface area contributed by atoms with Gasteiger partial charge in [0.1, 0.15) is 29.5 Å². The van der Waals surface area contributed by atoms with Crippen LogP contribution in [0.3, 0.4) is 0 Å². The molecule has 1 amide bonds. The zero-order chi connectivity index (χ0) is 39.9. The minimum atomic E-state index is -2.07. The number of ether oxygens (including phenoxy) is 6. The number of fused-ring (bicyclic) bond motifs is 2. The number of carbonyl (C=O) groups is 2. The van der Waals surface area contributed by atoms with Crippen LogP contribution in [0.25, 0.3) is 0 Å². The number of esters is 1. The Balaban J connectivity index is 1.41. The lowest BCUT2D eigenvalue weighted by Crippen LogP contribution is -2.61. The molecule has 302 valence electrons. The van der Waals surface area contributed by atoms with E-state index in [1.54, 1.807) is 30.4 Å². The molecule has 1 spiro atoms. The summed E-state index contributed by atoms with van der Waals surface area (Å²) in [6, 6.07) is 4.56. The first-order chi connectivity index (χ1) is 26.0. The lowest BCUT2D eigenvalue weighted by molar-refractivity contribution is -0.340. The maximum absolute atomic E-state index is 14.3. The first-order valence-electron chi connectivity index (χ1n) is 19.7. The molecule has 4 N–H and O–H groups in total. The second-order valence-corrected chi connectivity index (χ2v) is 16.5. The minimum Gasteiger partial charge on any atom is -0.493 e. The van der Waals surface area contributed by atoms with Crippen molar-refractivity contribution in [3.8, 4) is 11.5 Å². The van der Waals surface area contributed by atoms with E-state index in [1.807, 2.05) is 19.9 Å². The summed E-state index contributed by atoms with van der Waals surface area (Å²) in [5, 5.41) is 38.0. The van der Waals surface area contributed by atoms with Crippen LogP contribution in [-0.4, -0.2) is 102 Å². The summed E-state index contributed by atoms with van der Waals surface area (Å²) < 4.78 is 36.8. The van der Waals surface area contributed by atoms with Crippen molar-refractivity contribution in [2.45, 2.75) is 134 Å². The molecule has 12 heteroatoms. The first kappa shape index (κ1) is 41.1. The number of carbonyl (C=O) groups excluding carboxylic acids is 2. The molecule has 1 aromatic carbocycles. The van der Waals surface area contributed by atoms with Gasteiger partial charge in [-0.1, -0.05) is 64.0 Å². The van der Waals surface area contributed by atoms with E-state index in [2.05, 4.69) is 32.2 Å². The second-order valence-electron chi connectivity index (χ2n) is 16.5. The van der Waals surface area contributed by atoms with Gasteiger partial charge in [0, 0.05) is 24.8 Å². The van der Waals surface area contributed by atoms with E-state index in [0.717, 1.165) is 18.4 Å². The number of allylic oxidation sites excluding steroid dienone is 2. The van der Waals surface area contributed by atoms with Crippen LogP contribution in [0, 0.1) is 17.8 Å². The third kappa shape index (κ3) is 8.04. The van der Waals surface area contributed by atoms with E-state index in [1.165, 1.54) is 27.2 Å². The van der Waals surface area contributed by atoms with Crippen LogP contribution in [0.4, 0.5) is 0 Å². The summed E-state index contributed by atoms with van der Waals surface area (Å²) in [7, 11) is 3.06. The van der Waals surface area contributed by atoms with Gasteiger partial charge in [-0.05, 0) is 74.3 Å². The van der Waals surface area contributed by atoms with E-state index in [0.29, 0.717) is 54.2 Å². The van der Waals surface area contributed by atoms with Crippen LogP contribution in [0.1, 0.15) is 90.4 Å². The molecular formula is C43H59NO11. The quantitative estimate of drug-likeness (QED) is 0.225. The Morgan fingerprint density at radius 1 is 1.11 bits per heavy atom. The van der Waals surface area contributed by atoms with Gasteiger partial charge < -0.3 is 49.1 Å². The Kier molecular flexibility index (Phi) is 12.1. The van der Waals surface area contributed by atoms with Gasteiger partial charge >= 0.3 is 5.97 Å². The number of aliphatic hydroxyl groups is 3. The molecule has 1 aromatic rings. The molecule has 4 aliphatic heterocycles. The topological polar surface area (TPSA) is 162 Å². The molecule has 4 heterocycles. The molecule has 3 saturated heterocycles. The van der Waals surface area contributed by atoms with Crippen molar-refractivity contribution in [3.05, 3.63) is 70.9 Å². The number of methoxy groups -OCH3 is 2. The highest BCUT2D eigenvalue weighted by molar-refractivity contribution is 5.95. The van der Waals surface area contributed by atoms with Gasteiger partial charge in [0.15, 0.2) is 17.3 Å². The molecule has 0 saturated carbocycles. The Morgan fingerprint density at radius 3 is 2.56 bits per heavy atom. The van der Waals surface area contributed by atoms with Crippen molar-refractivity contribution in [1.29, 1.82) is 0 Å². The highest BCUT2D eigenvalue weighted by Crippen LogP contribution is 2.48. The summed E-state index contributed by atoms with van der Waals surface area (Å²) in [5.41, 5.74) is -2.50. The average Bonchev–Trinajstić information content (AvgIpc) is 3.50. The molecule has 55 heavy (non-hydrogen) atoms. The number of rotatable bonds is 6. The SMILES string of the molecule is CC[C@H](C)[C@H]1O[C@]2(CC[C@@H]1C)C[C@@H]1C[C@@H](C/C=C(\C)[C@H](NC(=O)c3ccc(OC)c(OC)c3)[C@@H](C)/C=C/C=C3\CO[C@@H]4[C@H](O)[C@](C)(O)C=C(C(=O)O1)[C@]34O)O2. The highest BCUT2D eigenvalue weighted by Gasteiger charge is 2.61. The number of aliphatic hydroxyl groups excluding tert-OH is 1. The van der Waals surface area contributed by atoms with Gasteiger partial charge in [-0.15, -0.1) is 0 Å². The number of nitrogens with one attached hydrogen (secondary N) is 1. The fourth-order valence-electron chi connectivity index (χ4n) is 8.94. The number of hydrogen-bond acceptors (Lipinski definition) is 11. The lowest BCUT2D eigenvalue weighted by atomic mass is 9.71. The zero-order valence-electron chi connectivity index (χ0n) is 33.4. The lowest BCUT2D eigenvalue weighted by Gasteiger charge is -2.51. The number of hydrogen-bond donors (Lipinski definition) is 4. The maximum atomic E-state index is 14.3. The van der Waals surface area contributed by atoms with E-state index in [-0.39, 0.29) is 36.0 Å². The average molecular weight is 766 g/mol. The van der Waals surface area contributed by atoms with E-state index in [9.17, 15) is 24.9 Å². The Morgan fingerprint density at radius 2 is 1.85 bits per heavy atom. The Labute approximate surface area is 324 Å². The molecule has 0 aromatic heterocycles. The first-order valence-corrected chi connectivity index (χ1v) is 19.7. The Hall–Kier alpha value is -3.52. The molecule has 12 atom stereocenters. The van der Waals surface area contributed by atoms with Crippen molar-refractivity contribution >= 4 is 11.9 Å². The summed E-state index contributed by atoms with van der Waals surface area (Å²) in [6.07, 6.45) is 8.20. The van der Waals surface area contributed by atoms with E-state index >= 15 is 0 Å². The maximum Gasteiger partial charge on any atom is 0.337 e. The smallest absolute Gasteiger partial charge is 0.337 e. The van der Waals surface area contributed by atoms with Crippen LogP contribution in [0.2, 0.25) is 0 Å². The minimum absolute atomic E-state index is 0.0461. The molecule has 0 unspecified atom stereocenters. The third-order valence-corrected chi connectivity index (χ3v) is 12.5. The second kappa shape index (κ2) is 16.1. The van der Waals surface area contributed by atoms with Crippen molar-refractivity contribution < 1.29 is 53.3 Å². The highest BCUT2D eigenvalue weighted by atomic mass is 16.7. The van der Waals surface area contributed by atoms with Gasteiger partial charge in [-0.25, -0.2) is 4.79 Å². The van der Waals surface area contributed by atoms with Crippen LogP contribution < -0.4 is 14.8 Å². The van der Waals surface area contributed by atoms with Crippen molar-refractivity contribution in [2.75, 3.05) is 20.8 Å². The monoisotopic (exact) mass is 765 g/mol. The van der Waals surface area contributed by atoms with Gasteiger partial charge in [-0.2, -0.15) is 0 Å². The predicted octanol–water partition coefficient (Wildman–Crippen LogP) is 5.10. The predicted molar refractivity (Wildman–Crippen MR) is 204 cm³/mol. The fourth-order valence-corrected chi connectivity index (χ4v) is 8.94. The number of benzene rings is 1. The van der Waals surface area contributed by atoms with Gasteiger partial charge in [0.25, 0.3) is 5.91 Å². The van der Waals surface area contributed by atoms with Crippen LogP contribution in [-0.2, 0) is 23.7 Å². The van der Waals surface area contributed by atoms with Gasteiger partial charge in [0.05, 0.1) is 44.6 Å². The number of amides is 1. The molecule has 5 aliphatic rings. The molecular weight excluding hydrogens is 706 g/mol. The van der Waals surface area contributed by atoms with E-state index < -0.39 is 53.4 Å². The molecule has 6 rings (SSSR count). The van der Waals surface area contributed by atoms with Gasteiger partial charge in [-0.3, -0.25) is 4.79 Å². The molecule has 0 radical (unpaired) electrons. The van der Waals surface area contributed by atoms with Crippen LogP contribution in [0.5, 0.6) is 11.5 Å². The standard InChI is InChI=1S/C43H59NO11/c1-9-24(2)36-27(5)17-18-42(55-36)21-31-20-30(54-42)15-13-26(4)35(44-39(46)28-14-16-33(50-7)34(19-28)51-8)25(3)11-10-12-29-23-52-38-37(45)41(6,48)22-32(40(47)53-31)43(29,38)49/h10-14,16,19,22,24-25,27,30-31,35-38,45,48-49H,9,15,17-18,20-21,23H2,1-8H3,(H,44,46)/b11-10+,26-13+,29-12+/t24-,25-,27-,30+,31-,35+,36+,37-,38+,41+,42+,43+/m0/s1. The summed E-state index contributed by atoms with van der Waals surface area (Å²) in [4.78, 5) is 28.1. The third-order valence-electron chi connectivity index (χ3n) is 12.5. The van der Waals surface area contributed by atoms with Gasteiger partial charge in [0.2, 0.25) is 0 Å². The molecule has 12 nitrogen and oxygen atoms in total.